The van der Waals surface area contributed by atoms with E-state index < -0.39 is 65.5 Å². The minimum Gasteiger partial charge on any atom is -0.462 e. The molecule has 178 valence electrons. The van der Waals surface area contributed by atoms with Gasteiger partial charge >= 0.3 is 23.9 Å². The first-order chi connectivity index (χ1) is 14.8. The number of hydrogen-bond donors (Lipinski definition) is 0. The predicted molar refractivity (Wildman–Crippen MR) is 108 cm³/mol. The summed E-state index contributed by atoms with van der Waals surface area (Å²) in [4.78, 5) is 45.9. The maximum absolute atomic E-state index is 12.5. The van der Waals surface area contributed by atoms with Crippen molar-refractivity contribution in [2.75, 3.05) is 13.2 Å². The van der Waals surface area contributed by atoms with Gasteiger partial charge in [0.05, 0.1) is 4.90 Å². The Balaban J connectivity index is 3.22. The van der Waals surface area contributed by atoms with E-state index in [2.05, 4.69) is 0 Å². The number of carbonyl (C=O) groups is 4. The first kappa shape index (κ1) is 27.0. The second-order valence-electron chi connectivity index (χ2n) is 6.72. The fourth-order valence-corrected chi connectivity index (χ4v) is 3.45. The molecule has 3 atom stereocenters. The van der Waals surface area contributed by atoms with Crippen molar-refractivity contribution < 1.29 is 50.7 Å². The molecule has 0 aliphatic carbocycles. The standard InChI is InChI=1S/C20H26O11S/c1-12-6-8-17(9-7-12)32(25,26)28-11-19(30-15(4)23)20(31-16(5)24)18(29-14(3)22)10-27-13(2)21/h6-9,18-20H,10-11H2,1-5H3. The lowest BCUT2D eigenvalue weighted by atomic mass is 10.1. The quantitative estimate of drug-likeness (QED) is 0.257. The van der Waals surface area contributed by atoms with Crippen LogP contribution in [-0.4, -0.2) is 63.8 Å². The Labute approximate surface area is 186 Å². The van der Waals surface area contributed by atoms with Crippen LogP contribution in [0.15, 0.2) is 29.2 Å². The van der Waals surface area contributed by atoms with Gasteiger partial charge in [-0.05, 0) is 19.1 Å². The highest BCUT2D eigenvalue weighted by molar-refractivity contribution is 7.86. The van der Waals surface area contributed by atoms with E-state index in [0.29, 0.717) is 0 Å². The van der Waals surface area contributed by atoms with E-state index in [-0.39, 0.29) is 4.90 Å². The Kier molecular flexibility index (Phi) is 10.3. The van der Waals surface area contributed by atoms with Crippen LogP contribution in [0.5, 0.6) is 0 Å². The topological polar surface area (TPSA) is 149 Å². The van der Waals surface area contributed by atoms with Crippen LogP contribution in [0.4, 0.5) is 0 Å². The molecule has 1 aromatic carbocycles. The number of carbonyl (C=O) groups excluding carboxylic acids is 4. The molecule has 11 nitrogen and oxygen atoms in total. The molecule has 1 aromatic rings. The van der Waals surface area contributed by atoms with Crippen LogP contribution in [0.3, 0.4) is 0 Å². The smallest absolute Gasteiger partial charge is 0.303 e. The maximum atomic E-state index is 12.5. The van der Waals surface area contributed by atoms with Crippen molar-refractivity contribution in [3.05, 3.63) is 29.8 Å². The van der Waals surface area contributed by atoms with E-state index in [4.69, 9.17) is 23.1 Å². The van der Waals surface area contributed by atoms with Crippen molar-refractivity contribution in [1.29, 1.82) is 0 Å². The molecule has 0 saturated heterocycles. The fraction of sp³-hybridized carbons (Fsp3) is 0.500. The van der Waals surface area contributed by atoms with Gasteiger partial charge in [0.25, 0.3) is 10.1 Å². The van der Waals surface area contributed by atoms with Gasteiger partial charge in [-0.25, -0.2) is 0 Å². The molecule has 32 heavy (non-hydrogen) atoms. The molecule has 12 heteroatoms. The Bertz CT molecular complexity index is 921. The normalized spacial score (nSPS) is 13.9. The summed E-state index contributed by atoms with van der Waals surface area (Å²) < 4.78 is 50.2. The van der Waals surface area contributed by atoms with Gasteiger partial charge in [0.1, 0.15) is 13.2 Å². The van der Waals surface area contributed by atoms with Crippen LogP contribution in [0, 0.1) is 6.92 Å². The van der Waals surface area contributed by atoms with Gasteiger partial charge in [0.2, 0.25) is 0 Å². The molecule has 0 fully saturated rings. The van der Waals surface area contributed by atoms with Gasteiger partial charge in [-0.1, -0.05) is 17.7 Å². The third-order valence-electron chi connectivity index (χ3n) is 3.82. The highest BCUT2D eigenvalue weighted by Gasteiger charge is 2.39. The Morgan fingerprint density at radius 3 is 1.66 bits per heavy atom. The molecule has 0 aliphatic rings. The predicted octanol–water partition coefficient (Wildman–Crippen LogP) is 1.06. The van der Waals surface area contributed by atoms with Crippen molar-refractivity contribution in [3.8, 4) is 0 Å². The van der Waals surface area contributed by atoms with Crippen LogP contribution in [0.2, 0.25) is 0 Å². The van der Waals surface area contributed by atoms with Gasteiger partial charge in [0.15, 0.2) is 18.3 Å². The third-order valence-corrected chi connectivity index (χ3v) is 5.11. The highest BCUT2D eigenvalue weighted by atomic mass is 32.2. The molecule has 0 bridgehead atoms. The van der Waals surface area contributed by atoms with Gasteiger partial charge in [-0.3, -0.25) is 23.4 Å². The Morgan fingerprint density at radius 2 is 1.22 bits per heavy atom. The Morgan fingerprint density at radius 1 is 0.750 bits per heavy atom. The maximum Gasteiger partial charge on any atom is 0.303 e. The van der Waals surface area contributed by atoms with E-state index in [1.807, 2.05) is 0 Å². The molecule has 0 aliphatic heterocycles. The van der Waals surface area contributed by atoms with E-state index in [1.165, 1.54) is 12.1 Å². The first-order valence-electron chi connectivity index (χ1n) is 9.43. The monoisotopic (exact) mass is 474 g/mol. The van der Waals surface area contributed by atoms with Crippen molar-refractivity contribution in [3.63, 3.8) is 0 Å². The zero-order valence-corrected chi connectivity index (χ0v) is 19.2. The molecular weight excluding hydrogens is 448 g/mol. The fourth-order valence-electron chi connectivity index (χ4n) is 2.53. The molecule has 0 heterocycles. The SMILES string of the molecule is CC(=O)OCC(OC(C)=O)C(OC(C)=O)C(COS(=O)(=O)c1ccc(C)cc1)OC(C)=O. The molecule has 0 radical (unpaired) electrons. The minimum atomic E-state index is -4.27. The summed E-state index contributed by atoms with van der Waals surface area (Å²) in [5.41, 5.74) is 0.825. The van der Waals surface area contributed by atoms with Gasteiger partial charge in [-0.2, -0.15) is 8.42 Å². The zero-order valence-electron chi connectivity index (χ0n) is 18.4. The lowest BCUT2D eigenvalue weighted by Gasteiger charge is -2.31. The van der Waals surface area contributed by atoms with Gasteiger partial charge < -0.3 is 18.9 Å². The molecule has 0 N–H and O–H groups in total. The second-order valence-corrected chi connectivity index (χ2v) is 8.34. The molecule has 0 aromatic heterocycles. The second kappa shape index (κ2) is 12.2. The first-order valence-corrected chi connectivity index (χ1v) is 10.8. The number of rotatable bonds is 11. The third kappa shape index (κ3) is 9.43. The number of benzene rings is 1. The van der Waals surface area contributed by atoms with Crippen LogP contribution in [0.25, 0.3) is 0 Å². The lowest BCUT2D eigenvalue weighted by Crippen LogP contribution is -2.49. The van der Waals surface area contributed by atoms with Gasteiger partial charge in [0, 0.05) is 27.7 Å². The number of esters is 4. The number of ether oxygens (including phenoxy) is 4. The van der Waals surface area contributed by atoms with E-state index >= 15 is 0 Å². The zero-order chi connectivity index (χ0) is 24.5. The summed E-state index contributed by atoms with van der Waals surface area (Å²) in [5, 5.41) is 0. The van der Waals surface area contributed by atoms with E-state index in [0.717, 1.165) is 33.3 Å². The van der Waals surface area contributed by atoms with Crippen LogP contribution < -0.4 is 0 Å². The summed E-state index contributed by atoms with van der Waals surface area (Å²) in [6, 6.07) is 5.80. The Hall–Kier alpha value is -2.99. The van der Waals surface area contributed by atoms with Gasteiger partial charge in [-0.15, -0.1) is 0 Å². The van der Waals surface area contributed by atoms with E-state index in [9.17, 15) is 27.6 Å². The van der Waals surface area contributed by atoms with Crippen molar-refractivity contribution in [1.82, 2.24) is 0 Å². The van der Waals surface area contributed by atoms with E-state index in [1.54, 1.807) is 19.1 Å². The average Bonchev–Trinajstić information content (AvgIpc) is 2.66. The summed E-state index contributed by atoms with van der Waals surface area (Å²) in [5.74, 6) is -3.23. The highest BCUT2D eigenvalue weighted by Crippen LogP contribution is 2.19. The molecular formula is C20H26O11S. The molecule has 0 saturated carbocycles. The lowest BCUT2D eigenvalue weighted by molar-refractivity contribution is -0.191. The summed E-state index contributed by atoms with van der Waals surface area (Å²) in [6.07, 6.45) is -4.46. The molecule has 3 unspecified atom stereocenters. The number of hydrogen-bond acceptors (Lipinski definition) is 11. The van der Waals surface area contributed by atoms with Crippen molar-refractivity contribution in [2.45, 2.75) is 57.8 Å². The largest absolute Gasteiger partial charge is 0.462 e. The van der Waals surface area contributed by atoms with Crippen molar-refractivity contribution in [2.24, 2.45) is 0 Å². The number of aryl methyl sites for hydroxylation is 1. The van der Waals surface area contributed by atoms with Crippen LogP contribution in [0.1, 0.15) is 33.3 Å². The summed E-state index contributed by atoms with van der Waals surface area (Å²) in [6.45, 7) is 4.70. The van der Waals surface area contributed by atoms with Crippen LogP contribution >= 0.6 is 0 Å². The average molecular weight is 474 g/mol. The molecule has 0 amide bonds. The summed E-state index contributed by atoms with van der Waals surface area (Å²) >= 11 is 0. The van der Waals surface area contributed by atoms with Crippen LogP contribution in [-0.2, 0) is 52.4 Å². The molecule has 0 spiro atoms. The van der Waals surface area contributed by atoms with Crippen molar-refractivity contribution >= 4 is 34.0 Å². The summed E-state index contributed by atoms with van der Waals surface area (Å²) in [7, 11) is -4.27. The molecule has 1 rings (SSSR count). The minimum absolute atomic E-state index is 0.148.